The summed E-state index contributed by atoms with van der Waals surface area (Å²) in [4.78, 5) is 96.1. The van der Waals surface area contributed by atoms with Gasteiger partial charge in [-0.3, -0.25) is 29.4 Å². The van der Waals surface area contributed by atoms with Gasteiger partial charge in [-0.15, -0.1) is 11.3 Å². The van der Waals surface area contributed by atoms with E-state index in [4.69, 9.17) is 5.73 Å². The number of urea groups is 1. The number of amides is 7. The Labute approximate surface area is 332 Å². The molecule has 0 saturated heterocycles. The number of benzene rings is 2. The molecule has 3 rings (SSSR count). The summed E-state index contributed by atoms with van der Waals surface area (Å²) in [6.07, 6.45) is 1.63. The number of aldehydes is 1. The highest BCUT2D eigenvalue weighted by Crippen LogP contribution is 2.16. The van der Waals surface area contributed by atoms with E-state index in [1.807, 2.05) is 0 Å². The number of hydrogen-bond acceptors (Lipinski definition) is 12. The van der Waals surface area contributed by atoms with Crippen molar-refractivity contribution in [1.29, 1.82) is 0 Å². The number of hydrogen-bond donors (Lipinski definition) is 9. The lowest BCUT2D eigenvalue weighted by Crippen LogP contribution is -2.61. The van der Waals surface area contributed by atoms with Gasteiger partial charge in [0.1, 0.15) is 42.0 Å². The summed E-state index contributed by atoms with van der Waals surface area (Å²) >= 11 is 1.22. The molecule has 5 atom stereocenters. The zero-order valence-corrected chi connectivity index (χ0v) is 32.2. The fraction of sp³-hybridized carbons (Fsp3) is 0.405. The number of rotatable bonds is 21. The number of nitrogens with zero attached hydrogens (tertiary/aromatic N) is 2. The van der Waals surface area contributed by atoms with Crippen LogP contribution in [-0.4, -0.2) is 112 Å². The van der Waals surface area contributed by atoms with Crippen LogP contribution in [0.4, 0.5) is 9.18 Å². The minimum absolute atomic E-state index is 0.0294. The molecule has 308 valence electrons. The summed E-state index contributed by atoms with van der Waals surface area (Å²) in [5.41, 5.74) is 12.6. The number of aliphatic hydroxyl groups excluding tert-OH is 1. The topological polar surface area (TPSA) is 274 Å². The molecule has 0 radical (unpaired) electrons. The van der Waals surface area contributed by atoms with E-state index in [2.05, 4.69) is 37.1 Å². The van der Waals surface area contributed by atoms with Crippen LogP contribution in [0.5, 0.6) is 5.75 Å². The van der Waals surface area contributed by atoms with E-state index < -0.39 is 78.2 Å². The molecule has 20 heteroatoms. The first kappa shape index (κ1) is 45.4. The van der Waals surface area contributed by atoms with Gasteiger partial charge >= 0.3 is 6.03 Å². The molecule has 0 bridgehead atoms. The van der Waals surface area contributed by atoms with E-state index in [9.17, 15) is 48.2 Å². The number of aliphatic hydroxyl groups is 1. The van der Waals surface area contributed by atoms with Crippen molar-refractivity contribution in [2.45, 2.75) is 75.7 Å². The molecular formula is C37H48FN9O9S. The number of aromatic hydroxyl groups is 1. The third-order valence-corrected chi connectivity index (χ3v) is 9.23. The maximum Gasteiger partial charge on any atom is 0.334 e. The van der Waals surface area contributed by atoms with Crippen LogP contribution < -0.4 is 37.9 Å². The fourth-order valence-electron chi connectivity index (χ4n) is 5.51. The molecule has 0 aliphatic carbocycles. The van der Waals surface area contributed by atoms with E-state index >= 15 is 0 Å². The molecule has 0 saturated carbocycles. The number of hydrazine groups is 1. The minimum Gasteiger partial charge on any atom is -0.508 e. The fourth-order valence-corrected chi connectivity index (χ4v) is 6.08. The van der Waals surface area contributed by atoms with Gasteiger partial charge in [-0.05, 0) is 61.2 Å². The Morgan fingerprint density at radius 2 is 1.46 bits per heavy atom. The Bertz CT molecular complexity index is 1800. The summed E-state index contributed by atoms with van der Waals surface area (Å²) in [5, 5.41) is 31.8. The van der Waals surface area contributed by atoms with Gasteiger partial charge in [-0.25, -0.2) is 19.6 Å². The van der Waals surface area contributed by atoms with Gasteiger partial charge in [0.2, 0.25) is 29.5 Å². The van der Waals surface area contributed by atoms with Gasteiger partial charge < -0.3 is 46.9 Å². The van der Waals surface area contributed by atoms with Crippen LogP contribution in [-0.2, 0) is 48.0 Å². The number of aromatic nitrogens is 1. The van der Waals surface area contributed by atoms with Crippen molar-refractivity contribution in [3.63, 3.8) is 0 Å². The molecule has 0 aliphatic heterocycles. The lowest BCUT2D eigenvalue weighted by Gasteiger charge is -2.32. The third kappa shape index (κ3) is 15.2. The highest BCUT2D eigenvalue weighted by Gasteiger charge is 2.35. The number of unbranched alkanes of at least 4 members (excludes halogenated alkanes) is 1. The summed E-state index contributed by atoms with van der Waals surface area (Å²) in [5.74, 6) is -4.55. The second-order valence-electron chi connectivity index (χ2n) is 13.0. The number of carbonyl (C=O) groups is 7. The van der Waals surface area contributed by atoms with Crippen molar-refractivity contribution in [1.82, 2.24) is 42.0 Å². The second-order valence-corrected chi connectivity index (χ2v) is 13.7. The molecule has 18 nitrogen and oxygen atoms in total. The van der Waals surface area contributed by atoms with E-state index in [0.29, 0.717) is 48.9 Å². The van der Waals surface area contributed by atoms with Gasteiger partial charge in [0.15, 0.2) is 0 Å². The Morgan fingerprint density at radius 3 is 2.04 bits per heavy atom. The van der Waals surface area contributed by atoms with Crippen molar-refractivity contribution in [2.24, 2.45) is 5.73 Å². The molecule has 0 fully saturated rings. The molecule has 3 aromatic rings. The van der Waals surface area contributed by atoms with Gasteiger partial charge in [0.25, 0.3) is 0 Å². The standard InChI is InChI=1S/C37H48FN9O9S/c1-22(50)45-46-37(56)44-29(15-23-6-10-25(38)11-7-23)33(52)42-30(17-27-20-57-21-40-27)34(53)43-31(19-49)36(55)47(2)32(16-24-8-12-28(51)13-9-24)35(54)41-26(18-48)5-3-4-14-39/h6-13,18,20-21,26,29-32,49,51H,3-5,14-17,19,39H2,1-2H3,(H,41,54)(H,42,52)(H,43,53)(H,45,50)(H2,44,46,56)/t26-,29+,30+,31+,32+/m1/s1. The van der Waals surface area contributed by atoms with Gasteiger partial charge in [-0.2, -0.15) is 0 Å². The molecule has 10 N–H and O–H groups in total. The monoisotopic (exact) mass is 813 g/mol. The lowest BCUT2D eigenvalue weighted by atomic mass is 10.0. The first-order valence-electron chi connectivity index (χ1n) is 17.9. The van der Waals surface area contributed by atoms with Crippen molar-refractivity contribution in [3.05, 3.63) is 82.1 Å². The first-order chi connectivity index (χ1) is 27.2. The van der Waals surface area contributed by atoms with Crippen LogP contribution in [0.25, 0.3) is 0 Å². The first-order valence-corrected chi connectivity index (χ1v) is 18.8. The molecular weight excluding hydrogens is 766 g/mol. The van der Waals surface area contributed by atoms with Gasteiger partial charge in [-0.1, -0.05) is 24.3 Å². The molecule has 0 unspecified atom stereocenters. The van der Waals surface area contributed by atoms with Crippen LogP contribution in [0.3, 0.4) is 0 Å². The van der Waals surface area contributed by atoms with Crippen LogP contribution in [0, 0.1) is 5.82 Å². The highest BCUT2D eigenvalue weighted by molar-refractivity contribution is 7.07. The molecule has 7 amide bonds. The summed E-state index contributed by atoms with van der Waals surface area (Å²) in [7, 11) is 1.29. The van der Waals surface area contributed by atoms with Gasteiger partial charge in [0.05, 0.1) is 23.9 Å². The van der Waals surface area contributed by atoms with Crippen LogP contribution >= 0.6 is 11.3 Å². The average Bonchev–Trinajstić information content (AvgIpc) is 3.71. The quantitative estimate of drug-likeness (QED) is 0.0370. The molecule has 57 heavy (non-hydrogen) atoms. The van der Waals surface area contributed by atoms with Crippen molar-refractivity contribution >= 4 is 53.2 Å². The number of carbonyl (C=O) groups excluding carboxylic acids is 7. The summed E-state index contributed by atoms with van der Waals surface area (Å²) in [6.45, 7) is 0.619. The van der Waals surface area contributed by atoms with Crippen molar-refractivity contribution in [3.8, 4) is 5.75 Å². The molecule has 1 heterocycles. The average molecular weight is 814 g/mol. The van der Waals surface area contributed by atoms with E-state index in [1.165, 1.54) is 48.2 Å². The maximum absolute atomic E-state index is 13.9. The number of thiazole rings is 1. The van der Waals surface area contributed by atoms with Crippen molar-refractivity contribution < 1.29 is 48.2 Å². The number of halogens is 1. The molecule has 2 aromatic carbocycles. The predicted octanol–water partition coefficient (Wildman–Crippen LogP) is -0.664. The Balaban J connectivity index is 1.86. The zero-order valence-electron chi connectivity index (χ0n) is 31.4. The molecule has 0 aliphatic rings. The Kier molecular flexibility index (Phi) is 18.5. The van der Waals surface area contributed by atoms with E-state index in [-0.39, 0.29) is 25.0 Å². The van der Waals surface area contributed by atoms with Crippen LogP contribution in [0.1, 0.15) is 43.0 Å². The zero-order chi connectivity index (χ0) is 41.9. The lowest BCUT2D eigenvalue weighted by molar-refractivity contribution is -0.143. The smallest absolute Gasteiger partial charge is 0.334 e. The van der Waals surface area contributed by atoms with Gasteiger partial charge in [0, 0.05) is 38.6 Å². The SMILES string of the molecule is CC(=O)NNC(=O)N[C@@H](Cc1ccc(F)cc1)C(=O)N[C@@H](Cc1cscn1)C(=O)N[C@@H](CO)C(=O)N(C)[C@@H](Cc1ccc(O)cc1)C(=O)N[C@@H](C=O)CCCCN. The minimum atomic E-state index is -1.63. The van der Waals surface area contributed by atoms with Crippen molar-refractivity contribution in [2.75, 3.05) is 20.2 Å². The number of phenols is 1. The highest BCUT2D eigenvalue weighted by atomic mass is 32.1. The Hall–Kier alpha value is -5.99. The molecule has 0 spiro atoms. The normalized spacial score (nSPS) is 13.4. The number of likely N-dealkylation sites (N-methyl/N-ethyl adjacent to an activating group) is 1. The summed E-state index contributed by atoms with van der Waals surface area (Å²) < 4.78 is 13.6. The maximum atomic E-state index is 13.9. The predicted molar refractivity (Wildman–Crippen MR) is 205 cm³/mol. The van der Waals surface area contributed by atoms with E-state index in [0.717, 1.165) is 24.0 Å². The second kappa shape index (κ2) is 23.2. The largest absolute Gasteiger partial charge is 0.508 e. The number of nitrogens with one attached hydrogen (secondary N) is 6. The Morgan fingerprint density at radius 1 is 0.842 bits per heavy atom. The third-order valence-electron chi connectivity index (χ3n) is 8.60. The number of nitrogens with two attached hydrogens (primary N) is 1. The van der Waals surface area contributed by atoms with E-state index in [1.54, 1.807) is 17.5 Å². The van der Waals surface area contributed by atoms with Crippen LogP contribution in [0.2, 0.25) is 0 Å². The molecule has 1 aromatic heterocycles. The summed E-state index contributed by atoms with van der Waals surface area (Å²) in [6, 6.07) is 3.47. The van der Waals surface area contributed by atoms with Crippen LogP contribution in [0.15, 0.2) is 59.4 Å². The number of phenolic OH excluding ortho intramolecular Hbond substituents is 1.